The second-order valence-electron chi connectivity index (χ2n) is 8.30. The molecule has 2 heterocycles. The van der Waals surface area contributed by atoms with Crippen LogP contribution in [-0.2, 0) is 9.59 Å². The second-order valence-corrected chi connectivity index (χ2v) is 8.30. The molecule has 2 aliphatic rings. The minimum atomic E-state index is -0.553. The average Bonchev–Trinajstić information content (AvgIpc) is 3.34. The third kappa shape index (κ3) is 4.88. The van der Waals surface area contributed by atoms with E-state index in [4.69, 9.17) is 9.47 Å². The predicted octanol–water partition coefficient (Wildman–Crippen LogP) is 3.15. The van der Waals surface area contributed by atoms with Gasteiger partial charge in [-0.2, -0.15) is 0 Å². The molecule has 1 N–H and O–H groups in total. The van der Waals surface area contributed by atoms with Crippen molar-refractivity contribution in [2.24, 2.45) is 0 Å². The summed E-state index contributed by atoms with van der Waals surface area (Å²) in [5.74, 6) is 1.31. The van der Waals surface area contributed by atoms with Crippen LogP contribution in [0.5, 0.6) is 11.5 Å². The van der Waals surface area contributed by atoms with Crippen LogP contribution >= 0.6 is 0 Å². The quantitative estimate of drug-likeness (QED) is 0.687. The number of nitrogens with zero attached hydrogens (tertiary/aromatic N) is 2. The van der Waals surface area contributed by atoms with Gasteiger partial charge in [0.1, 0.15) is 11.5 Å². The number of nitrogens with one attached hydrogen (secondary N) is 1. The summed E-state index contributed by atoms with van der Waals surface area (Å²) in [5.41, 5.74) is 1.88. The molecule has 0 saturated carbocycles. The number of para-hydroxylation sites is 2. The smallest absolute Gasteiger partial charge is 0.267 e. The molecular formula is C25H31N3O4. The Labute approximate surface area is 189 Å². The van der Waals surface area contributed by atoms with Crippen LogP contribution < -0.4 is 19.7 Å². The van der Waals surface area contributed by atoms with E-state index in [9.17, 15) is 9.59 Å². The fourth-order valence-electron chi connectivity index (χ4n) is 4.44. The maximum atomic E-state index is 12.7. The van der Waals surface area contributed by atoms with Crippen LogP contribution in [0.2, 0.25) is 0 Å². The van der Waals surface area contributed by atoms with Crippen LogP contribution in [0.3, 0.4) is 0 Å². The van der Waals surface area contributed by atoms with Crippen molar-refractivity contribution in [3.05, 3.63) is 54.1 Å². The highest BCUT2D eigenvalue weighted by Gasteiger charge is 2.31. The van der Waals surface area contributed by atoms with Gasteiger partial charge in [0.05, 0.1) is 18.8 Å². The minimum absolute atomic E-state index is 0.0628. The lowest BCUT2D eigenvalue weighted by Crippen LogP contribution is -2.46. The van der Waals surface area contributed by atoms with Crippen molar-refractivity contribution >= 4 is 17.5 Å². The Bertz CT molecular complexity index is 940. The number of anilines is 1. The van der Waals surface area contributed by atoms with Gasteiger partial charge >= 0.3 is 0 Å². The van der Waals surface area contributed by atoms with Gasteiger partial charge in [0.25, 0.3) is 5.91 Å². The molecule has 2 aromatic carbocycles. The van der Waals surface area contributed by atoms with E-state index in [1.54, 1.807) is 18.9 Å². The molecule has 32 heavy (non-hydrogen) atoms. The molecular weight excluding hydrogens is 406 g/mol. The first-order valence-electron chi connectivity index (χ1n) is 11.3. The molecule has 0 radical (unpaired) electrons. The van der Waals surface area contributed by atoms with E-state index < -0.39 is 6.10 Å². The van der Waals surface area contributed by atoms with Crippen molar-refractivity contribution in [3.8, 4) is 11.5 Å². The van der Waals surface area contributed by atoms with Crippen molar-refractivity contribution in [3.63, 3.8) is 0 Å². The Morgan fingerprint density at radius 3 is 2.59 bits per heavy atom. The van der Waals surface area contributed by atoms with Crippen molar-refractivity contribution in [1.82, 2.24) is 10.2 Å². The molecule has 7 heteroatoms. The van der Waals surface area contributed by atoms with E-state index in [0.29, 0.717) is 18.8 Å². The summed E-state index contributed by atoms with van der Waals surface area (Å²) in [6.07, 6.45) is 2.04. The van der Waals surface area contributed by atoms with Gasteiger partial charge < -0.3 is 19.7 Å². The molecule has 170 valence electrons. The van der Waals surface area contributed by atoms with E-state index >= 15 is 0 Å². The Hall–Kier alpha value is -3.06. The fourth-order valence-corrected chi connectivity index (χ4v) is 4.44. The summed E-state index contributed by atoms with van der Waals surface area (Å²) in [6, 6.07) is 15.6. The van der Waals surface area contributed by atoms with Gasteiger partial charge in [-0.05, 0) is 62.7 Å². The molecule has 0 bridgehead atoms. The number of carbonyl (C=O) groups is 2. The van der Waals surface area contributed by atoms with Crippen LogP contribution in [0.1, 0.15) is 37.8 Å². The Morgan fingerprint density at radius 1 is 1.16 bits per heavy atom. The van der Waals surface area contributed by atoms with Gasteiger partial charge in [0, 0.05) is 19.5 Å². The molecule has 0 spiro atoms. The van der Waals surface area contributed by atoms with Crippen LogP contribution in [-0.4, -0.2) is 56.1 Å². The first kappa shape index (κ1) is 22.1. The van der Waals surface area contributed by atoms with Crippen LogP contribution in [0, 0.1) is 0 Å². The number of amides is 2. The number of methoxy groups -OCH3 is 1. The number of benzene rings is 2. The highest BCUT2D eigenvalue weighted by Crippen LogP contribution is 2.33. The zero-order chi connectivity index (χ0) is 22.5. The first-order valence-corrected chi connectivity index (χ1v) is 11.3. The van der Waals surface area contributed by atoms with Crippen molar-refractivity contribution in [2.75, 3.05) is 38.2 Å². The summed E-state index contributed by atoms with van der Waals surface area (Å²) < 4.78 is 11.0. The van der Waals surface area contributed by atoms with Crippen molar-refractivity contribution < 1.29 is 19.1 Å². The largest absolute Gasteiger partial charge is 0.497 e. The van der Waals surface area contributed by atoms with Crippen LogP contribution in [0.25, 0.3) is 0 Å². The molecule has 0 aliphatic carbocycles. The third-order valence-corrected chi connectivity index (χ3v) is 6.21. The van der Waals surface area contributed by atoms with Crippen molar-refractivity contribution in [1.29, 1.82) is 0 Å². The van der Waals surface area contributed by atoms with Gasteiger partial charge in [-0.1, -0.05) is 24.3 Å². The van der Waals surface area contributed by atoms with E-state index in [1.807, 2.05) is 36.4 Å². The SMILES string of the molecule is COc1ccc([C@@H](CNC(=O)CCN2C(=O)[C@H](C)Oc3ccccc32)N2CCCC2)cc1. The molecule has 7 nitrogen and oxygen atoms in total. The maximum absolute atomic E-state index is 12.7. The number of hydrogen-bond acceptors (Lipinski definition) is 5. The van der Waals surface area contributed by atoms with Crippen LogP contribution in [0.4, 0.5) is 5.69 Å². The lowest BCUT2D eigenvalue weighted by atomic mass is 10.1. The minimum Gasteiger partial charge on any atom is -0.497 e. The highest BCUT2D eigenvalue weighted by atomic mass is 16.5. The number of carbonyl (C=O) groups excluding carboxylic acids is 2. The Morgan fingerprint density at radius 2 is 1.88 bits per heavy atom. The summed E-state index contributed by atoms with van der Waals surface area (Å²) in [4.78, 5) is 29.4. The normalized spacial score (nSPS) is 19.2. The lowest BCUT2D eigenvalue weighted by Gasteiger charge is -2.33. The summed E-state index contributed by atoms with van der Waals surface area (Å²) in [5, 5.41) is 3.10. The highest BCUT2D eigenvalue weighted by molar-refractivity contribution is 6.00. The topological polar surface area (TPSA) is 71.1 Å². The number of ether oxygens (including phenoxy) is 2. The number of rotatable bonds is 8. The standard InChI is InChI=1S/C25H31N3O4/c1-18-25(30)28(21-7-3-4-8-23(21)32-18)16-13-24(29)26-17-22(27-14-5-6-15-27)19-9-11-20(31-2)12-10-19/h3-4,7-12,18,22H,5-6,13-17H2,1-2H3,(H,26,29)/t18-,22+/m0/s1. The van der Waals surface area contributed by atoms with Gasteiger partial charge in [-0.25, -0.2) is 0 Å². The average molecular weight is 438 g/mol. The lowest BCUT2D eigenvalue weighted by molar-refractivity contribution is -0.125. The molecule has 2 aromatic rings. The van der Waals surface area contributed by atoms with Gasteiger partial charge in [-0.3, -0.25) is 14.5 Å². The van der Waals surface area contributed by atoms with Crippen molar-refractivity contribution in [2.45, 2.75) is 38.3 Å². The van der Waals surface area contributed by atoms with Gasteiger partial charge in [-0.15, -0.1) is 0 Å². The Balaban J connectivity index is 1.38. The molecule has 1 fully saturated rings. The third-order valence-electron chi connectivity index (χ3n) is 6.21. The zero-order valence-corrected chi connectivity index (χ0v) is 18.8. The number of hydrogen-bond donors (Lipinski definition) is 1. The second kappa shape index (κ2) is 10.0. The predicted molar refractivity (Wildman–Crippen MR) is 123 cm³/mol. The van der Waals surface area contributed by atoms with E-state index in [0.717, 1.165) is 24.5 Å². The monoisotopic (exact) mass is 437 g/mol. The summed E-state index contributed by atoms with van der Waals surface area (Å²) in [7, 11) is 1.66. The molecule has 2 aliphatic heterocycles. The molecule has 0 aromatic heterocycles. The molecule has 4 rings (SSSR count). The van der Waals surface area contributed by atoms with Crippen LogP contribution in [0.15, 0.2) is 48.5 Å². The molecule has 1 saturated heterocycles. The first-order chi connectivity index (χ1) is 15.6. The fraction of sp³-hybridized carbons (Fsp3) is 0.440. The Kier molecular flexibility index (Phi) is 6.95. The van der Waals surface area contributed by atoms with E-state index in [2.05, 4.69) is 22.3 Å². The summed E-state index contributed by atoms with van der Waals surface area (Å²) >= 11 is 0. The molecule has 0 unspecified atom stereocenters. The molecule has 2 amide bonds. The molecule has 2 atom stereocenters. The van der Waals surface area contributed by atoms with Gasteiger partial charge in [0.2, 0.25) is 5.91 Å². The van der Waals surface area contributed by atoms with Gasteiger partial charge in [0.15, 0.2) is 6.10 Å². The van der Waals surface area contributed by atoms with E-state index in [-0.39, 0.29) is 24.3 Å². The maximum Gasteiger partial charge on any atom is 0.267 e. The summed E-state index contributed by atoms with van der Waals surface area (Å²) in [6.45, 7) is 4.66. The number of likely N-dealkylation sites (tertiary alicyclic amines) is 1. The number of fused-ring (bicyclic) bond motifs is 1. The van der Waals surface area contributed by atoms with E-state index in [1.165, 1.54) is 18.4 Å². The zero-order valence-electron chi connectivity index (χ0n) is 18.8.